The topological polar surface area (TPSA) is 75.4 Å². The van der Waals surface area contributed by atoms with Crippen molar-refractivity contribution in [1.29, 1.82) is 0 Å². The Balaban J connectivity index is 2.74. The summed E-state index contributed by atoms with van der Waals surface area (Å²) < 4.78 is 26.4. The van der Waals surface area contributed by atoms with E-state index < -0.39 is 10.2 Å². The molecule has 0 unspecified atom stereocenters. The molecule has 1 aromatic rings. The molecule has 0 fully saturated rings. The van der Waals surface area contributed by atoms with Gasteiger partial charge < -0.3 is 5.73 Å². The molecule has 0 aliphatic heterocycles. The molecule has 0 bridgehead atoms. The highest BCUT2D eigenvalue weighted by molar-refractivity contribution is 7.87. The molecule has 5 nitrogen and oxygen atoms in total. The monoisotopic (exact) mass is 243 g/mol. The van der Waals surface area contributed by atoms with Gasteiger partial charge in [0.2, 0.25) is 0 Å². The van der Waals surface area contributed by atoms with E-state index in [0.29, 0.717) is 13.1 Å². The lowest BCUT2D eigenvalue weighted by Crippen LogP contribution is -2.35. The normalized spacial score (nSPS) is 12.0. The molecule has 0 radical (unpaired) electrons. The van der Waals surface area contributed by atoms with Gasteiger partial charge in [0.05, 0.1) is 0 Å². The van der Waals surface area contributed by atoms with E-state index in [0.717, 1.165) is 11.1 Å². The fourth-order valence-electron chi connectivity index (χ4n) is 1.28. The Morgan fingerprint density at radius 2 is 1.75 bits per heavy atom. The van der Waals surface area contributed by atoms with Gasteiger partial charge in [-0.15, -0.1) is 0 Å². The summed E-state index contributed by atoms with van der Waals surface area (Å²) in [4.78, 5) is 0. The standard InChI is InChI=1S/C10H17N3O2S/c1-12-16(14,15)13(2)8-10-5-3-9(7-11)4-6-10/h3-6,12H,7-8,11H2,1-2H3. The van der Waals surface area contributed by atoms with Gasteiger partial charge in [0, 0.05) is 27.2 Å². The number of nitrogens with zero attached hydrogens (tertiary/aromatic N) is 1. The molecule has 0 aliphatic rings. The van der Waals surface area contributed by atoms with Gasteiger partial charge in [-0.05, 0) is 11.1 Å². The van der Waals surface area contributed by atoms with Gasteiger partial charge in [-0.1, -0.05) is 24.3 Å². The van der Waals surface area contributed by atoms with Gasteiger partial charge in [-0.2, -0.15) is 12.7 Å². The lowest BCUT2D eigenvalue weighted by Gasteiger charge is -2.16. The molecule has 90 valence electrons. The summed E-state index contributed by atoms with van der Waals surface area (Å²) >= 11 is 0. The first-order chi connectivity index (χ1) is 7.49. The van der Waals surface area contributed by atoms with E-state index in [1.54, 1.807) is 0 Å². The van der Waals surface area contributed by atoms with Crippen molar-refractivity contribution in [2.24, 2.45) is 5.73 Å². The molecule has 0 aromatic heterocycles. The van der Waals surface area contributed by atoms with Gasteiger partial charge in [-0.3, -0.25) is 0 Å². The SMILES string of the molecule is CNS(=O)(=O)N(C)Cc1ccc(CN)cc1. The predicted octanol–water partition coefficient (Wildman–Crippen LogP) is 0.0413. The van der Waals surface area contributed by atoms with Crippen LogP contribution in [0.2, 0.25) is 0 Å². The number of nitrogens with one attached hydrogen (secondary N) is 1. The van der Waals surface area contributed by atoms with Crippen molar-refractivity contribution in [3.8, 4) is 0 Å². The number of hydrogen-bond acceptors (Lipinski definition) is 3. The Labute approximate surface area is 96.4 Å². The highest BCUT2D eigenvalue weighted by Crippen LogP contribution is 2.07. The van der Waals surface area contributed by atoms with Crippen LogP contribution in [0.3, 0.4) is 0 Å². The minimum Gasteiger partial charge on any atom is -0.326 e. The Kier molecular flexibility index (Phi) is 4.43. The van der Waals surface area contributed by atoms with E-state index in [1.807, 2.05) is 24.3 Å². The second-order valence-corrected chi connectivity index (χ2v) is 5.47. The summed E-state index contributed by atoms with van der Waals surface area (Å²) in [5.74, 6) is 0. The van der Waals surface area contributed by atoms with Gasteiger partial charge >= 0.3 is 0 Å². The Morgan fingerprint density at radius 1 is 1.25 bits per heavy atom. The highest BCUT2D eigenvalue weighted by Gasteiger charge is 2.14. The average Bonchev–Trinajstić information content (AvgIpc) is 2.30. The maximum absolute atomic E-state index is 11.4. The van der Waals surface area contributed by atoms with Crippen molar-refractivity contribution in [2.75, 3.05) is 14.1 Å². The molecule has 0 saturated heterocycles. The van der Waals surface area contributed by atoms with E-state index >= 15 is 0 Å². The lowest BCUT2D eigenvalue weighted by atomic mass is 10.1. The minimum atomic E-state index is -3.35. The van der Waals surface area contributed by atoms with Crippen molar-refractivity contribution < 1.29 is 8.42 Å². The number of hydrogen-bond donors (Lipinski definition) is 2. The molecule has 1 rings (SSSR count). The van der Waals surface area contributed by atoms with E-state index in [9.17, 15) is 8.42 Å². The number of nitrogens with two attached hydrogens (primary N) is 1. The second-order valence-electron chi connectivity index (χ2n) is 3.49. The van der Waals surface area contributed by atoms with Crippen LogP contribution in [0.25, 0.3) is 0 Å². The van der Waals surface area contributed by atoms with Crippen LogP contribution >= 0.6 is 0 Å². The molecule has 0 saturated carbocycles. The zero-order valence-electron chi connectivity index (χ0n) is 9.47. The molecule has 0 atom stereocenters. The predicted molar refractivity (Wildman–Crippen MR) is 63.8 cm³/mol. The van der Waals surface area contributed by atoms with Gasteiger partial charge in [-0.25, -0.2) is 4.72 Å². The van der Waals surface area contributed by atoms with Crippen LogP contribution in [0, 0.1) is 0 Å². The van der Waals surface area contributed by atoms with Crippen molar-refractivity contribution in [3.63, 3.8) is 0 Å². The zero-order valence-corrected chi connectivity index (χ0v) is 10.3. The number of rotatable bonds is 5. The summed E-state index contributed by atoms with van der Waals surface area (Å²) in [5.41, 5.74) is 7.44. The molecule has 0 spiro atoms. The largest absolute Gasteiger partial charge is 0.326 e. The van der Waals surface area contributed by atoms with E-state index in [1.165, 1.54) is 18.4 Å². The highest BCUT2D eigenvalue weighted by atomic mass is 32.2. The molecule has 0 amide bonds. The molecular weight excluding hydrogens is 226 g/mol. The first-order valence-corrected chi connectivity index (χ1v) is 6.36. The van der Waals surface area contributed by atoms with Crippen molar-refractivity contribution in [1.82, 2.24) is 9.03 Å². The first-order valence-electron chi connectivity index (χ1n) is 4.92. The van der Waals surface area contributed by atoms with E-state index in [-0.39, 0.29) is 0 Å². The third-order valence-corrected chi connectivity index (χ3v) is 3.80. The smallest absolute Gasteiger partial charge is 0.279 e. The summed E-state index contributed by atoms with van der Waals surface area (Å²) in [6.07, 6.45) is 0. The van der Waals surface area contributed by atoms with E-state index in [4.69, 9.17) is 5.73 Å². The second kappa shape index (κ2) is 5.40. The minimum absolute atomic E-state index is 0.341. The van der Waals surface area contributed by atoms with E-state index in [2.05, 4.69) is 4.72 Å². The van der Waals surface area contributed by atoms with Gasteiger partial charge in [0.25, 0.3) is 10.2 Å². The molecule has 1 aromatic carbocycles. The van der Waals surface area contributed by atoms with Crippen LogP contribution in [0.1, 0.15) is 11.1 Å². The van der Waals surface area contributed by atoms with Gasteiger partial charge in [0.15, 0.2) is 0 Å². The van der Waals surface area contributed by atoms with Crippen LogP contribution in [0.15, 0.2) is 24.3 Å². The van der Waals surface area contributed by atoms with Crippen LogP contribution in [-0.2, 0) is 23.3 Å². The summed E-state index contributed by atoms with van der Waals surface area (Å²) in [7, 11) is -0.431. The molecule has 0 aliphatic carbocycles. The van der Waals surface area contributed by atoms with Gasteiger partial charge in [0.1, 0.15) is 0 Å². The molecule has 16 heavy (non-hydrogen) atoms. The van der Waals surface area contributed by atoms with Crippen molar-refractivity contribution in [2.45, 2.75) is 13.1 Å². The van der Waals surface area contributed by atoms with Crippen molar-refractivity contribution >= 4 is 10.2 Å². The molecule has 0 heterocycles. The maximum Gasteiger partial charge on any atom is 0.279 e. The summed E-state index contributed by atoms with van der Waals surface area (Å²) in [5, 5.41) is 0. The quantitative estimate of drug-likeness (QED) is 0.767. The lowest BCUT2D eigenvalue weighted by molar-refractivity contribution is 0.459. The maximum atomic E-state index is 11.4. The van der Waals surface area contributed by atoms with Crippen LogP contribution in [0.5, 0.6) is 0 Å². The third-order valence-electron chi connectivity index (χ3n) is 2.33. The average molecular weight is 243 g/mol. The Bertz CT molecular complexity index is 428. The fourth-order valence-corrected chi connectivity index (χ4v) is 1.91. The molecule has 6 heteroatoms. The third kappa shape index (κ3) is 3.28. The molecular formula is C10H17N3O2S. The van der Waals surface area contributed by atoms with Crippen LogP contribution in [0.4, 0.5) is 0 Å². The molecule has 3 N–H and O–H groups in total. The van der Waals surface area contributed by atoms with Crippen LogP contribution in [-0.4, -0.2) is 26.8 Å². The fraction of sp³-hybridized carbons (Fsp3) is 0.400. The zero-order chi connectivity index (χ0) is 12.2. The Hall–Kier alpha value is -0.950. The first kappa shape index (κ1) is 13.1. The Morgan fingerprint density at radius 3 is 2.19 bits per heavy atom. The van der Waals surface area contributed by atoms with Crippen LogP contribution < -0.4 is 10.5 Å². The number of benzene rings is 1. The summed E-state index contributed by atoms with van der Waals surface area (Å²) in [6, 6.07) is 7.55. The van der Waals surface area contributed by atoms with Crippen molar-refractivity contribution in [3.05, 3.63) is 35.4 Å². The summed E-state index contributed by atoms with van der Waals surface area (Å²) in [6.45, 7) is 0.832.